The number of aryl methyl sites for hydroxylation is 1. The number of nitrogens with two attached hydrogens (primary N) is 1. The number of nitrogens with zero attached hydrogens (tertiary/aromatic N) is 2. The van der Waals surface area contributed by atoms with Gasteiger partial charge in [0.15, 0.2) is 0 Å². The number of ether oxygens (including phenoxy) is 1. The van der Waals surface area contributed by atoms with Gasteiger partial charge in [0.1, 0.15) is 11.6 Å². The van der Waals surface area contributed by atoms with Gasteiger partial charge in [-0.3, -0.25) is 0 Å². The molecule has 1 heterocycles. The van der Waals surface area contributed by atoms with E-state index in [2.05, 4.69) is 17.2 Å². The SMILES string of the molecule is C=C(C)Cn1c(CCCN)nc2cc(OCC)ccc21. The van der Waals surface area contributed by atoms with Gasteiger partial charge in [0.2, 0.25) is 0 Å². The number of imidazole rings is 1. The van der Waals surface area contributed by atoms with Gasteiger partial charge in [-0.1, -0.05) is 12.2 Å². The minimum atomic E-state index is 0.665. The maximum atomic E-state index is 5.61. The number of rotatable bonds is 7. The minimum Gasteiger partial charge on any atom is -0.494 e. The van der Waals surface area contributed by atoms with Crippen LogP contribution >= 0.6 is 0 Å². The van der Waals surface area contributed by atoms with Crippen molar-refractivity contribution in [3.63, 3.8) is 0 Å². The van der Waals surface area contributed by atoms with Gasteiger partial charge in [0, 0.05) is 19.0 Å². The van der Waals surface area contributed by atoms with E-state index in [1.807, 2.05) is 26.0 Å². The summed E-state index contributed by atoms with van der Waals surface area (Å²) in [5.41, 5.74) is 8.83. The molecule has 0 aliphatic rings. The first-order chi connectivity index (χ1) is 9.65. The number of allylic oxidation sites excluding steroid dienone is 1. The van der Waals surface area contributed by atoms with Crippen LogP contribution in [0.1, 0.15) is 26.1 Å². The van der Waals surface area contributed by atoms with Gasteiger partial charge in [-0.2, -0.15) is 0 Å². The van der Waals surface area contributed by atoms with Crippen LogP contribution in [0.5, 0.6) is 5.75 Å². The van der Waals surface area contributed by atoms with E-state index in [-0.39, 0.29) is 0 Å². The van der Waals surface area contributed by atoms with Crippen molar-refractivity contribution in [2.45, 2.75) is 33.2 Å². The first-order valence-electron chi connectivity index (χ1n) is 7.12. The van der Waals surface area contributed by atoms with Gasteiger partial charge in [-0.15, -0.1) is 0 Å². The van der Waals surface area contributed by atoms with Crippen molar-refractivity contribution in [2.24, 2.45) is 5.73 Å². The van der Waals surface area contributed by atoms with Crippen LogP contribution in [0.25, 0.3) is 11.0 Å². The van der Waals surface area contributed by atoms with Crippen LogP contribution in [0.3, 0.4) is 0 Å². The van der Waals surface area contributed by atoms with Crippen molar-refractivity contribution in [3.05, 3.63) is 36.2 Å². The highest BCUT2D eigenvalue weighted by Crippen LogP contribution is 2.23. The number of hydrogen-bond acceptors (Lipinski definition) is 3. The maximum Gasteiger partial charge on any atom is 0.121 e. The molecule has 0 saturated carbocycles. The molecule has 0 bridgehead atoms. The number of benzene rings is 1. The van der Waals surface area contributed by atoms with E-state index in [0.717, 1.165) is 47.6 Å². The second-order valence-corrected chi connectivity index (χ2v) is 5.05. The summed E-state index contributed by atoms with van der Waals surface area (Å²) in [7, 11) is 0. The molecule has 0 fully saturated rings. The Bertz CT molecular complexity index is 601. The van der Waals surface area contributed by atoms with E-state index in [9.17, 15) is 0 Å². The van der Waals surface area contributed by atoms with Crippen molar-refractivity contribution in [1.82, 2.24) is 9.55 Å². The molecule has 0 aliphatic heterocycles. The summed E-state index contributed by atoms with van der Waals surface area (Å²) < 4.78 is 7.76. The van der Waals surface area contributed by atoms with Gasteiger partial charge < -0.3 is 15.0 Å². The van der Waals surface area contributed by atoms with E-state index < -0.39 is 0 Å². The molecule has 0 amide bonds. The molecule has 4 nitrogen and oxygen atoms in total. The first-order valence-corrected chi connectivity index (χ1v) is 7.12. The number of aromatic nitrogens is 2. The summed E-state index contributed by atoms with van der Waals surface area (Å²) in [6.07, 6.45) is 1.83. The highest BCUT2D eigenvalue weighted by molar-refractivity contribution is 5.78. The predicted octanol–water partition coefficient (Wildman–Crippen LogP) is 2.90. The second-order valence-electron chi connectivity index (χ2n) is 5.05. The predicted molar refractivity (Wildman–Crippen MR) is 83.1 cm³/mol. The van der Waals surface area contributed by atoms with E-state index >= 15 is 0 Å². The van der Waals surface area contributed by atoms with Crippen molar-refractivity contribution < 1.29 is 4.74 Å². The fourth-order valence-corrected chi connectivity index (χ4v) is 2.31. The molecule has 1 aromatic heterocycles. The lowest BCUT2D eigenvalue weighted by atomic mass is 10.2. The third-order valence-corrected chi connectivity index (χ3v) is 3.14. The number of fused-ring (bicyclic) bond motifs is 1. The molecule has 0 saturated heterocycles. The van der Waals surface area contributed by atoms with E-state index in [1.165, 1.54) is 0 Å². The third-order valence-electron chi connectivity index (χ3n) is 3.14. The van der Waals surface area contributed by atoms with Crippen LogP contribution in [0, 0.1) is 0 Å². The van der Waals surface area contributed by atoms with Crippen LogP contribution < -0.4 is 10.5 Å². The fourth-order valence-electron chi connectivity index (χ4n) is 2.31. The summed E-state index contributed by atoms with van der Waals surface area (Å²) >= 11 is 0. The monoisotopic (exact) mass is 273 g/mol. The van der Waals surface area contributed by atoms with Crippen LogP contribution in [-0.4, -0.2) is 22.7 Å². The number of hydrogen-bond donors (Lipinski definition) is 1. The summed E-state index contributed by atoms with van der Waals surface area (Å²) in [6.45, 7) is 10.2. The molecule has 20 heavy (non-hydrogen) atoms. The first kappa shape index (κ1) is 14.6. The molecule has 0 unspecified atom stereocenters. The highest BCUT2D eigenvalue weighted by Gasteiger charge is 2.11. The normalized spacial score (nSPS) is 10.9. The van der Waals surface area contributed by atoms with Gasteiger partial charge in [-0.25, -0.2) is 4.98 Å². The van der Waals surface area contributed by atoms with E-state index in [4.69, 9.17) is 15.5 Å². The standard InChI is InChI=1S/C16H23N3O/c1-4-20-13-7-8-15-14(10-13)18-16(6-5-9-17)19(15)11-12(2)3/h7-8,10H,2,4-6,9,11,17H2,1,3H3. The summed E-state index contributed by atoms with van der Waals surface area (Å²) in [6, 6.07) is 6.07. The van der Waals surface area contributed by atoms with Crippen LogP contribution in [-0.2, 0) is 13.0 Å². The zero-order valence-electron chi connectivity index (χ0n) is 12.4. The lowest BCUT2D eigenvalue weighted by Gasteiger charge is -2.09. The molecule has 108 valence electrons. The van der Waals surface area contributed by atoms with Gasteiger partial charge in [0.25, 0.3) is 0 Å². The summed E-state index contributed by atoms with van der Waals surface area (Å²) in [4.78, 5) is 4.73. The highest BCUT2D eigenvalue weighted by atomic mass is 16.5. The van der Waals surface area contributed by atoms with Crippen molar-refractivity contribution in [3.8, 4) is 5.75 Å². The van der Waals surface area contributed by atoms with Crippen LogP contribution in [0.15, 0.2) is 30.4 Å². The average Bonchev–Trinajstić information content (AvgIpc) is 2.73. The molecule has 4 heteroatoms. The summed E-state index contributed by atoms with van der Waals surface area (Å²) in [5, 5.41) is 0. The minimum absolute atomic E-state index is 0.665. The Kier molecular flexibility index (Phi) is 4.79. The zero-order chi connectivity index (χ0) is 14.5. The fraction of sp³-hybridized carbons (Fsp3) is 0.438. The van der Waals surface area contributed by atoms with Crippen molar-refractivity contribution >= 4 is 11.0 Å². The Morgan fingerprint density at radius 3 is 2.90 bits per heavy atom. The van der Waals surface area contributed by atoms with E-state index in [0.29, 0.717) is 13.2 Å². The Labute approximate surface area is 120 Å². The molecule has 0 spiro atoms. The molecular formula is C16H23N3O. The van der Waals surface area contributed by atoms with Crippen molar-refractivity contribution in [1.29, 1.82) is 0 Å². The molecule has 2 N–H and O–H groups in total. The molecule has 2 rings (SSSR count). The maximum absolute atomic E-state index is 5.61. The lowest BCUT2D eigenvalue weighted by Crippen LogP contribution is -2.07. The topological polar surface area (TPSA) is 53.1 Å². The molecule has 2 aromatic rings. The Hall–Kier alpha value is -1.81. The van der Waals surface area contributed by atoms with Crippen LogP contribution in [0.4, 0.5) is 0 Å². The second kappa shape index (κ2) is 6.57. The molecule has 1 aromatic carbocycles. The van der Waals surface area contributed by atoms with Crippen LogP contribution in [0.2, 0.25) is 0 Å². The average molecular weight is 273 g/mol. The molecule has 0 atom stereocenters. The van der Waals surface area contributed by atoms with Gasteiger partial charge in [-0.05, 0) is 38.9 Å². The Morgan fingerprint density at radius 1 is 1.45 bits per heavy atom. The quantitative estimate of drug-likeness (QED) is 0.789. The Balaban J connectivity index is 2.44. The molecular weight excluding hydrogens is 250 g/mol. The molecule has 0 aliphatic carbocycles. The van der Waals surface area contributed by atoms with Gasteiger partial charge >= 0.3 is 0 Å². The molecule has 0 radical (unpaired) electrons. The lowest BCUT2D eigenvalue weighted by molar-refractivity contribution is 0.340. The van der Waals surface area contributed by atoms with Crippen molar-refractivity contribution in [2.75, 3.05) is 13.2 Å². The Morgan fingerprint density at radius 2 is 2.25 bits per heavy atom. The van der Waals surface area contributed by atoms with E-state index in [1.54, 1.807) is 0 Å². The third kappa shape index (κ3) is 3.20. The summed E-state index contributed by atoms with van der Waals surface area (Å²) in [5.74, 6) is 1.94. The largest absolute Gasteiger partial charge is 0.494 e. The smallest absolute Gasteiger partial charge is 0.121 e. The van der Waals surface area contributed by atoms with Gasteiger partial charge in [0.05, 0.1) is 17.6 Å². The zero-order valence-corrected chi connectivity index (χ0v) is 12.4.